The monoisotopic (exact) mass is 508 g/mol. The van der Waals surface area contributed by atoms with Crippen molar-refractivity contribution in [3.05, 3.63) is 71.5 Å². The minimum atomic E-state index is -4.93. The van der Waals surface area contributed by atoms with Gasteiger partial charge < -0.3 is 19.3 Å². The molecule has 0 radical (unpaired) electrons. The number of rotatable bonds is 7. The lowest BCUT2D eigenvalue weighted by Gasteiger charge is -2.42. The van der Waals surface area contributed by atoms with E-state index in [0.717, 1.165) is 45.0 Å². The molecule has 2 fully saturated rings. The van der Waals surface area contributed by atoms with Gasteiger partial charge in [-0.05, 0) is 56.0 Å². The third-order valence-corrected chi connectivity index (χ3v) is 7.22. The Bertz CT molecular complexity index is 994. The lowest BCUT2D eigenvalue weighted by Crippen LogP contribution is -2.60. The molecule has 2 aliphatic rings. The van der Waals surface area contributed by atoms with Crippen molar-refractivity contribution in [1.29, 1.82) is 0 Å². The number of amides is 1. The first kappa shape index (κ1) is 26.6. The van der Waals surface area contributed by atoms with Crippen LogP contribution in [0.4, 0.5) is 17.6 Å². The molecule has 2 aromatic carbocycles. The average Bonchev–Trinajstić information content (AvgIpc) is 2.87. The lowest BCUT2D eigenvalue weighted by molar-refractivity contribution is -0.272. The maximum Gasteiger partial charge on any atom is 0.430 e. The zero-order valence-electron chi connectivity index (χ0n) is 20.3. The zero-order valence-corrected chi connectivity index (χ0v) is 20.3. The number of ether oxygens (including phenoxy) is 2. The van der Waals surface area contributed by atoms with Crippen molar-refractivity contribution in [3.63, 3.8) is 0 Å². The molecule has 196 valence electrons. The van der Waals surface area contributed by atoms with Gasteiger partial charge in [0.25, 0.3) is 11.5 Å². The van der Waals surface area contributed by atoms with Crippen molar-refractivity contribution in [2.45, 2.75) is 37.1 Å². The van der Waals surface area contributed by atoms with E-state index in [1.54, 1.807) is 6.07 Å². The quantitative estimate of drug-likeness (QED) is 0.520. The fourth-order valence-corrected chi connectivity index (χ4v) is 5.25. The number of piperidine rings is 1. The second kappa shape index (κ2) is 11.3. The van der Waals surface area contributed by atoms with Crippen LogP contribution in [0.5, 0.6) is 0 Å². The molecule has 2 atom stereocenters. The summed E-state index contributed by atoms with van der Waals surface area (Å²) >= 11 is 0. The maximum absolute atomic E-state index is 14.3. The number of halogens is 4. The van der Waals surface area contributed by atoms with Crippen LogP contribution >= 0.6 is 0 Å². The number of methoxy groups -OCH3 is 1. The fourth-order valence-electron chi connectivity index (χ4n) is 5.25. The number of hydrogen-bond donors (Lipinski definition) is 0. The van der Waals surface area contributed by atoms with E-state index in [2.05, 4.69) is 4.90 Å². The van der Waals surface area contributed by atoms with Gasteiger partial charge in [-0.25, -0.2) is 4.39 Å². The second-order valence-corrected chi connectivity index (χ2v) is 9.57. The zero-order chi connectivity index (χ0) is 25.8. The molecular formula is C27H32F4N2O3. The highest BCUT2D eigenvalue weighted by Gasteiger charge is 2.64. The molecule has 0 spiro atoms. The van der Waals surface area contributed by atoms with Crippen LogP contribution < -0.4 is 0 Å². The molecule has 0 saturated carbocycles. The lowest BCUT2D eigenvalue weighted by atomic mass is 9.90. The number of alkyl halides is 3. The van der Waals surface area contributed by atoms with Crippen LogP contribution in [0.25, 0.3) is 0 Å². The Morgan fingerprint density at radius 1 is 1.03 bits per heavy atom. The van der Waals surface area contributed by atoms with E-state index in [9.17, 15) is 22.4 Å². The van der Waals surface area contributed by atoms with E-state index in [1.165, 1.54) is 41.3 Å². The van der Waals surface area contributed by atoms with Crippen molar-refractivity contribution in [1.82, 2.24) is 9.80 Å². The minimum Gasteiger partial charge on any atom is -0.373 e. The van der Waals surface area contributed by atoms with Gasteiger partial charge in [-0.2, -0.15) is 13.2 Å². The Kier molecular flexibility index (Phi) is 8.32. The molecule has 0 aliphatic carbocycles. The number of nitrogens with zero attached hydrogens (tertiary/aromatic N) is 2. The van der Waals surface area contributed by atoms with Gasteiger partial charge >= 0.3 is 6.18 Å². The molecule has 0 bridgehead atoms. The number of morpholine rings is 1. The summed E-state index contributed by atoms with van der Waals surface area (Å²) < 4.78 is 66.9. The van der Waals surface area contributed by atoms with Crippen LogP contribution in [0.15, 0.2) is 54.6 Å². The predicted octanol–water partition coefficient (Wildman–Crippen LogP) is 4.41. The van der Waals surface area contributed by atoms with Gasteiger partial charge in [-0.1, -0.05) is 42.5 Å². The van der Waals surface area contributed by atoms with Gasteiger partial charge in [-0.15, -0.1) is 0 Å². The van der Waals surface area contributed by atoms with Crippen LogP contribution in [-0.2, 0) is 26.3 Å². The molecule has 2 saturated heterocycles. The van der Waals surface area contributed by atoms with E-state index in [4.69, 9.17) is 9.47 Å². The molecule has 2 aliphatic heterocycles. The highest BCUT2D eigenvalue weighted by atomic mass is 19.4. The Labute approximate surface area is 209 Å². The van der Waals surface area contributed by atoms with Crippen molar-refractivity contribution in [3.8, 4) is 0 Å². The summed E-state index contributed by atoms with van der Waals surface area (Å²) in [6.07, 6.45) is -2.47. The Morgan fingerprint density at radius 2 is 1.69 bits per heavy atom. The van der Waals surface area contributed by atoms with E-state index in [0.29, 0.717) is 12.5 Å². The molecule has 4 rings (SSSR count). The van der Waals surface area contributed by atoms with Gasteiger partial charge in [0.15, 0.2) is 0 Å². The number of carbonyl (C=O) groups is 1. The first-order valence-corrected chi connectivity index (χ1v) is 12.3. The van der Waals surface area contributed by atoms with E-state index >= 15 is 0 Å². The number of likely N-dealkylation sites (tertiary alicyclic amines) is 1. The Morgan fingerprint density at radius 3 is 2.31 bits per heavy atom. The van der Waals surface area contributed by atoms with Crippen molar-refractivity contribution < 1.29 is 31.8 Å². The maximum atomic E-state index is 14.3. The number of hydrogen-bond acceptors (Lipinski definition) is 4. The van der Waals surface area contributed by atoms with Crippen LogP contribution in [-0.4, -0.2) is 74.4 Å². The molecule has 0 unspecified atom stereocenters. The molecule has 0 N–H and O–H groups in total. The van der Waals surface area contributed by atoms with Crippen LogP contribution in [0.2, 0.25) is 0 Å². The van der Waals surface area contributed by atoms with Crippen LogP contribution in [0.3, 0.4) is 0 Å². The molecule has 5 nitrogen and oxygen atoms in total. The molecule has 1 amide bonds. The van der Waals surface area contributed by atoms with Crippen LogP contribution in [0, 0.1) is 11.7 Å². The van der Waals surface area contributed by atoms with Gasteiger partial charge in [0.2, 0.25) is 0 Å². The Hall–Kier alpha value is -2.49. The number of benzene rings is 2. The fraction of sp³-hybridized carbons (Fsp3) is 0.519. The standard InChI is InChI=1S/C27H32F4N2O3/c1-35-26(27(29,30)31,22-5-3-2-4-6-22)25(34)33-15-16-36-24(19-33)18-32-13-11-21(12-14-32)17-20-7-9-23(28)10-8-20/h2-10,21,24H,11-19H2,1H3/t24-,26-/m1/s1. The number of carbonyl (C=O) groups excluding carboxylic acids is 1. The summed E-state index contributed by atoms with van der Waals surface area (Å²) in [4.78, 5) is 16.8. The topological polar surface area (TPSA) is 42.0 Å². The first-order valence-electron chi connectivity index (χ1n) is 12.3. The molecule has 0 aromatic heterocycles. The third kappa shape index (κ3) is 5.74. The van der Waals surface area contributed by atoms with Crippen LogP contribution in [0.1, 0.15) is 24.0 Å². The van der Waals surface area contributed by atoms with Crippen molar-refractivity contribution in [2.24, 2.45) is 5.92 Å². The molecule has 9 heteroatoms. The predicted molar refractivity (Wildman–Crippen MR) is 127 cm³/mol. The minimum absolute atomic E-state index is 0.0718. The summed E-state index contributed by atoms with van der Waals surface area (Å²) in [5, 5.41) is 0. The molecule has 2 aromatic rings. The van der Waals surface area contributed by atoms with Gasteiger partial charge in [0.05, 0.1) is 12.7 Å². The molecule has 36 heavy (non-hydrogen) atoms. The Balaban J connectivity index is 1.36. The third-order valence-electron chi connectivity index (χ3n) is 7.22. The highest BCUT2D eigenvalue weighted by molar-refractivity contribution is 5.88. The summed E-state index contributed by atoms with van der Waals surface area (Å²) in [5.41, 5.74) is -2.19. The summed E-state index contributed by atoms with van der Waals surface area (Å²) in [5.74, 6) is -0.859. The second-order valence-electron chi connectivity index (χ2n) is 9.57. The van der Waals surface area contributed by atoms with E-state index in [-0.39, 0.29) is 37.2 Å². The largest absolute Gasteiger partial charge is 0.430 e. The highest BCUT2D eigenvalue weighted by Crippen LogP contribution is 2.43. The molecular weight excluding hydrogens is 476 g/mol. The van der Waals surface area contributed by atoms with Gasteiger partial charge in [-0.3, -0.25) is 4.79 Å². The van der Waals surface area contributed by atoms with Gasteiger partial charge in [0.1, 0.15) is 5.82 Å². The van der Waals surface area contributed by atoms with Gasteiger partial charge in [0, 0.05) is 32.3 Å². The summed E-state index contributed by atoms with van der Waals surface area (Å²) in [7, 11) is 0.923. The summed E-state index contributed by atoms with van der Waals surface area (Å²) in [6.45, 7) is 2.54. The van der Waals surface area contributed by atoms with Crippen molar-refractivity contribution >= 4 is 5.91 Å². The average molecular weight is 509 g/mol. The summed E-state index contributed by atoms with van der Waals surface area (Å²) in [6, 6.07) is 13.6. The first-order chi connectivity index (χ1) is 17.2. The van der Waals surface area contributed by atoms with E-state index in [1.807, 2.05) is 12.1 Å². The molecule has 2 heterocycles. The smallest absolute Gasteiger partial charge is 0.373 e. The SMILES string of the molecule is CO[C@@](C(=O)N1CCO[C@H](CN2CCC(Cc3ccc(F)cc3)CC2)C1)(c1ccccc1)C(F)(F)F. The van der Waals surface area contributed by atoms with E-state index < -0.39 is 17.7 Å². The normalized spacial score (nSPS) is 21.8. The van der Waals surface area contributed by atoms with Crippen molar-refractivity contribution in [2.75, 3.05) is 46.4 Å².